The average molecular weight is 246 g/mol. The molecule has 1 fully saturated rings. The van der Waals surface area contributed by atoms with E-state index >= 15 is 0 Å². The number of hydrogen-bond acceptors (Lipinski definition) is 2. The maximum atomic E-state index is 11.8. The van der Waals surface area contributed by atoms with Crippen LogP contribution in [-0.2, 0) is 16.0 Å². The Morgan fingerprint density at radius 1 is 1.28 bits per heavy atom. The zero-order valence-electron chi connectivity index (χ0n) is 10.7. The van der Waals surface area contributed by atoms with E-state index in [1.54, 1.807) is 0 Å². The smallest absolute Gasteiger partial charge is 0.227 e. The molecule has 2 rings (SSSR count). The van der Waals surface area contributed by atoms with Gasteiger partial charge in [-0.25, -0.2) is 0 Å². The minimum atomic E-state index is -0.112. The predicted molar refractivity (Wildman–Crippen MR) is 71.5 cm³/mol. The third-order valence-corrected chi connectivity index (χ3v) is 3.02. The fourth-order valence-corrected chi connectivity index (χ4v) is 1.86. The van der Waals surface area contributed by atoms with Crippen LogP contribution < -0.4 is 10.6 Å². The second-order valence-electron chi connectivity index (χ2n) is 4.67. The topological polar surface area (TPSA) is 58.2 Å². The van der Waals surface area contributed by atoms with Crippen molar-refractivity contribution in [2.24, 2.45) is 5.92 Å². The van der Waals surface area contributed by atoms with Crippen molar-refractivity contribution in [1.29, 1.82) is 0 Å². The SMILES string of the molecule is CCc1ccc(NC(C)=O)cc1NC(=O)C1CC1. The summed E-state index contributed by atoms with van der Waals surface area (Å²) in [6.45, 7) is 3.51. The fourth-order valence-electron chi connectivity index (χ4n) is 1.86. The number of nitrogens with one attached hydrogen (secondary N) is 2. The summed E-state index contributed by atoms with van der Waals surface area (Å²) in [7, 11) is 0. The number of aryl methyl sites for hydroxylation is 1. The van der Waals surface area contributed by atoms with Gasteiger partial charge in [0.25, 0.3) is 0 Å². The van der Waals surface area contributed by atoms with Crippen molar-refractivity contribution < 1.29 is 9.59 Å². The highest BCUT2D eigenvalue weighted by Gasteiger charge is 2.29. The van der Waals surface area contributed by atoms with Gasteiger partial charge in [0.2, 0.25) is 11.8 Å². The molecule has 96 valence electrons. The zero-order chi connectivity index (χ0) is 13.1. The molecular formula is C14H18N2O2. The van der Waals surface area contributed by atoms with Crippen LogP contribution in [0.4, 0.5) is 11.4 Å². The first-order chi connectivity index (χ1) is 8.60. The maximum Gasteiger partial charge on any atom is 0.227 e. The van der Waals surface area contributed by atoms with Crippen LogP contribution >= 0.6 is 0 Å². The van der Waals surface area contributed by atoms with Gasteiger partial charge in [-0.1, -0.05) is 13.0 Å². The number of amides is 2. The summed E-state index contributed by atoms with van der Waals surface area (Å²) in [6.07, 6.45) is 2.82. The van der Waals surface area contributed by atoms with Crippen molar-refractivity contribution >= 4 is 23.2 Å². The van der Waals surface area contributed by atoms with Crippen LogP contribution in [0.15, 0.2) is 18.2 Å². The van der Waals surface area contributed by atoms with E-state index < -0.39 is 0 Å². The van der Waals surface area contributed by atoms with E-state index in [9.17, 15) is 9.59 Å². The van der Waals surface area contributed by atoms with Gasteiger partial charge in [-0.3, -0.25) is 9.59 Å². The Kier molecular flexibility index (Phi) is 3.65. The molecule has 1 aromatic rings. The third kappa shape index (κ3) is 3.09. The van der Waals surface area contributed by atoms with Gasteiger partial charge in [-0.15, -0.1) is 0 Å². The second kappa shape index (κ2) is 5.21. The molecule has 4 nitrogen and oxygen atoms in total. The highest BCUT2D eigenvalue weighted by molar-refractivity contribution is 5.96. The van der Waals surface area contributed by atoms with E-state index in [1.807, 2.05) is 25.1 Å². The van der Waals surface area contributed by atoms with Gasteiger partial charge < -0.3 is 10.6 Å². The summed E-state index contributed by atoms with van der Waals surface area (Å²) in [6, 6.07) is 5.61. The first kappa shape index (κ1) is 12.6. The first-order valence-electron chi connectivity index (χ1n) is 6.31. The van der Waals surface area contributed by atoms with Crippen LogP contribution in [0.1, 0.15) is 32.3 Å². The van der Waals surface area contributed by atoms with Crippen molar-refractivity contribution in [2.75, 3.05) is 10.6 Å². The molecule has 1 aliphatic carbocycles. The molecule has 0 heterocycles. The molecule has 4 heteroatoms. The van der Waals surface area contributed by atoms with E-state index in [2.05, 4.69) is 10.6 Å². The Bertz CT molecular complexity index is 479. The normalized spacial score (nSPS) is 14.1. The number of rotatable bonds is 4. The molecule has 0 aromatic heterocycles. The molecule has 0 bridgehead atoms. The van der Waals surface area contributed by atoms with Gasteiger partial charge in [0.1, 0.15) is 0 Å². The summed E-state index contributed by atoms with van der Waals surface area (Å²) >= 11 is 0. The Hall–Kier alpha value is -1.84. The maximum absolute atomic E-state index is 11.8. The van der Waals surface area contributed by atoms with Gasteiger partial charge in [0.15, 0.2) is 0 Å². The second-order valence-corrected chi connectivity index (χ2v) is 4.67. The highest BCUT2D eigenvalue weighted by atomic mass is 16.2. The molecule has 1 saturated carbocycles. The van der Waals surface area contributed by atoms with Crippen molar-refractivity contribution in [3.05, 3.63) is 23.8 Å². The molecule has 0 atom stereocenters. The van der Waals surface area contributed by atoms with Gasteiger partial charge in [-0.2, -0.15) is 0 Å². The van der Waals surface area contributed by atoms with Crippen molar-refractivity contribution in [2.45, 2.75) is 33.1 Å². The lowest BCUT2D eigenvalue weighted by Crippen LogP contribution is -2.15. The van der Waals surface area contributed by atoms with E-state index in [-0.39, 0.29) is 17.7 Å². The first-order valence-corrected chi connectivity index (χ1v) is 6.31. The monoisotopic (exact) mass is 246 g/mol. The highest BCUT2D eigenvalue weighted by Crippen LogP contribution is 2.31. The minimum absolute atomic E-state index is 0.0877. The van der Waals surface area contributed by atoms with Crippen molar-refractivity contribution in [3.8, 4) is 0 Å². The Morgan fingerprint density at radius 2 is 2.00 bits per heavy atom. The summed E-state index contributed by atoms with van der Waals surface area (Å²) in [5, 5.41) is 5.67. The van der Waals surface area contributed by atoms with E-state index in [1.165, 1.54) is 6.92 Å². The third-order valence-electron chi connectivity index (χ3n) is 3.02. The van der Waals surface area contributed by atoms with Gasteiger partial charge in [0.05, 0.1) is 0 Å². The van der Waals surface area contributed by atoms with E-state index in [0.29, 0.717) is 5.69 Å². The largest absolute Gasteiger partial charge is 0.326 e. The Labute approximate surface area is 107 Å². The average Bonchev–Trinajstić information content (AvgIpc) is 3.12. The predicted octanol–water partition coefficient (Wildman–Crippen LogP) is 2.56. The summed E-state index contributed by atoms with van der Waals surface area (Å²) in [4.78, 5) is 22.8. The molecule has 2 amide bonds. The number of carbonyl (C=O) groups excluding carboxylic acids is 2. The van der Waals surface area contributed by atoms with Crippen molar-refractivity contribution in [3.63, 3.8) is 0 Å². The molecule has 0 spiro atoms. The van der Waals surface area contributed by atoms with Crippen LogP contribution in [0.3, 0.4) is 0 Å². The molecule has 0 saturated heterocycles. The Morgan fingerprint density at radius 3 is 2.56 bits per heavy atom. The molecule has 2 N–H and O–H groups in total. The number of hydrogen-bond donors (Lipinski definition) is 2. The summed E-state index contributed by atoms with van der Waals surface area (Å²) in [5.41, 5.74) is 2.60. The van der Waals surface area contributed by atoms with Gasteiger partial charge in [-0.05, 0) is 37.0 Å². The van der Waals surface area contributed by atoms with Crippen molar-refractivity contribution in [1.82, 2.24) is 0 Å². The molecular weight excluding hydrogens is 228 g/mol. The van der Waals surface area contributed by atoms with Gasteiger partial charge in [0, 0.05) is 24.2 Å². The quantitative estimate of drug-likeness (QED) is 0.857. The number of anilines is 2. The van der Waals surface area contributed by atoms with Crippen LogP contribution in [0.5, 0.6) is 0 Å². The molecule has 0 radical (unpaired) electrons. The molecule has 1 aromatic carbocycles. The zero-order valence-corrected chi connectivity index (χ0v) is 10.7. The van der Waals surface area contributed by atoms with Crippen LogP contribution in [0, 0.1) is 5.92 Å². The molecule has 1 aliphatic rings. The minimum Gasteiger partial charge on any atom is -0.326 e. The lowest BCUT2D eigenvalue weighted by Gasteiger charge is -2.12. The fraction of sp³-hybridized carbons (Fsp3) is 0.429. The lowest BCUT2D eigenvalue weighted by molar-refractivity contribution is -0.117. The van der Waals surface area contributed by atoms with Crippen LogP contribution in [0.25, 0.3) is 0 Å². The number of benzene rings is 1. The van der Waals surface area contributed by atoms with E-state index in [4.69, 9.17) is 0 Å². The van der Waals surface area contributed by atoms with Crippen LogP contribution in [-0.4, -0.2) is 11.8 Å². The number of carbonyl (C=O) groups is 2. The van der Waals surface area contributed by atoms with Gasteiger partial charge >= 0.3 is 0 Å². The molecule has 0 aliphatic heterocycles. The molecule has 0 unspecified atom stereocenters. The van der Waals surface area contributed by atoms with Crippen LogP contribution in [0.2, 0.25) is 0 Å². The Balaban J connectivity index is 2.18. The lowest BCUT2D eigenvalue weighted by atomic mass is 10.1. The molecule has 18 heavy (non-hydrogen) atoms. The van der Waals surface area contributed by atoms with E-state index in [0.717, 1.165) is 30.5 Å². The standard InChI is InChI=1S/C14H18N2O2/c1-3-10-6-7-12(15-9(2)17)8-13(10)16-14(18)11-4-5-11/h6-8,11H,3-5H2,1-2H3,(H,15,17)(H,16,18). The summed E-state index contributed by atoms with van der Waals surface area (Å²) in [5.74, 6) is 0.155. The summed E-state index contributed by atoms with van der Waals surface area (Å²) < 4.78 is 0.